The molecule has 27 heavy (non-hydrogen) atoms. The van der Waals surface area contributed by atoms with Crippen LogP contribution in [0.1, 0.15) is 79.6 Å². The number of allylic oxidation sites excluding steroid dienone is 3. The minimum atomic E-state index is -0.472. The topological polar surface area (TPSA) is 18.5 Å². The van der Waals surface area contributed by atoms with Crippen LogP contribution in [0.3, 0.4) is 0 Å². The van der Waals surface area contributed by atoms with Gasteiger partial charge in [-0.1, -0.05) is 38.0 Å². The van der Waals surface area contributed by atoms with E-state index in [0.29, 0.717) is 5.41 Å². The molecule has 4 aliphatic carbocycles. The van der Waals surface area contributed by atoms with E-state index < -0.39 is 5.79 Å². The Hall–Kier alpha value is -0.600. The molecule has 0 aromatic carbocycles. The molecule has 0 bridgehead atoms. The van der Waals surface area contributed by atoms with Gasteiger partial charge in [0.1, 0.15) is 0 Å². The first-order chi connectivity index (χ1) is 12.8. The number of rotatable bonds is 1. The maximum absolute atomic E-state index is 6.17. The Morgan fingerprint density at radius 1 is 0.926 bits per heavy atom. The first-order valence-corrected chi connectivity index (χ1v) is 11.5. The minimum absolute atomic E-state index is 0.258. The van der Waals surface area contributed by atoms with Gasteiger partial charge in [-0.3, -0.25) is 0 Å². The largest absolute Gasteiger partial charge is 0.344 e. The molecule has 5 rings (SSSR count). The Morgan fingerprint density at radius 2 is 1.63 bits per heavy atom. The second-order valence-electron chi connectivity index (χ2n) is 11.1. The van der Waals surface area contributed by atoms with Gasteiger partial charge in [0.25, 0.3) is 0 Å². The molecule has 1 heterocycles. The van der Waals surface area contributed by atoms with Gasteiger partial charge in [-0.15, -0.1) is 0 Å². The number of hydrogen-bond donors (Lipinski definition) is 0. The third kappa shape index (κ3) is 2.45. The number of hydrogen-bond acceptors (Lipinski definition) is 2. The van der Waals surface area contributed by atoms with Gasteiger partial charge < -0.3 is 9.47 Å². The predicted molar refractivity (Wildman–Crippen MR) is 109 cm³/mol. The van der Waals surface area contributed by atoms with Crippen molar-refractivity contribution in [3.8, 4) is 0 Å². The van der Waals surface area contributed by atoms with E-state index in [1.165, 1.54) is 50.5 Å². The van der Waals surface area contributed by atoms with Crippen LogP contribution in [0.25, 0.3) is 0 Å². The Bertz CT molecular complexity index is 697. The zero-order valence-electron chi connectivity index (χ0n) is 18.1. The van der Waals surface area contributed by atoms with Crippen molar-refractivity contribution in [2.75, 3.05) is 13.2 Å². The SMILES string of the molecule is CC1=C(C2(C)OCCO2)[C@@]2(C)CC[C@H]3[C@@H](CC=C4C[C@@H](C)CC[C@@]43C)[C@@H]2C1. The van der Waals surface area contributed by atoms with Crippen LogP contribution >= 0.6 is 0 Å². The summed E-state index contributed by atoms with van der Waals surface area (Å²) < 4.78 is 12.3. The Kier molecular flexibility index (Phi) is 4.06. The van der Waals surface area contributed by atoms with Crippen molar-refractivity contribution in [1.82, 2.24) is 0 Å². The summed E-state index contributed by atoms with van der Waals surface area (Å²) in [6.07, 6.45) is 12.1. The lowest BCUT2D eigenvalue weighted by atomic mass is 9.47. The molecule has 1 aliphatic heterocycles. The lowest BCUT2D eigenvalue weighted by molar-refractivity contribution is -0.132. The second-order valence-corrected chi connectivity index (χ2v) is 11.1. The highest BCUT2D eigenvalue weighted by Crippen LogP contribution is 2.67. The number of fused-ring (bicyclic) bond motifs is 5. The molecule has 3 fully saturated rings. The van der Waals surface area contributed by atoms with Crippen LogP contribution in [-0.4, -0.2) is 19.0 Å². The van der Waals surface area contributed by atoms with Gasteiger partial charge in [0.05, 0.1) is 13.2 Å². The quantitative estimate of drug-likeness (QED) is 0.506. The Morgan fingerprint density at radius 3 is 2.37 bits per heavy atom. The third-order valence-corrected chi connectivity index (χ3v) is 9.56. The van der Waals surface area contributed by atoms with Crippen molar-refractivity contribution >= 4 is 0 Å². The summed E-state index contributed by atoms with van der Waals surface area (Å²) in [6, 6.07) is 0. The van der Waals surface area contributed by atoms with E-state index in [9.17, 15) is 0 Å². The predicted octanol–water partition coefficient (Wildman–Crippen LogP) is 6.27. The zero-order chi connectivity index (χ0) is 19.0. The highest BCUT2D eigenvalue weighted by atomic mass is 16.7. The van der Waals surface area contributed by atoms with Crippen molar-refractivity contribution in [2.24, 2.45) is 34.5 Å². The fraction of sp³-hybridized carbons (Fsp3) is 0.840. The van der Waals surface area contributed by atoms with Crippen molar-refractivity contribution in [1.29, 1.82) is 0 Å². The average molecular weight is 371 g/mol. The van der Waals surface area contributed by atoms with Crippen molar-refractivity contribution < 1.29 is 9.47 Å². The average Bonchev–Trinajstić information content (AvgIpc) is 3.16. The first kappa shape index (κ1) is 18.4. The van der Waals surface area contributed by atoms with Crippen LogP contribution in [0.5, 0.6) is 0 Å². The van der Waals surface area contributed by atoms with Crippen LogP contribution in [0.2, 0.25) is 0 Å². The monoisotopic (exact) mass is 370 g/mol. The molecule has 0 unspecified atom stereocenters. The summed E-state index contributed by atoms with van der Waals surface area (Å²) in [6.45, 7) is 13.6. The van der Waals surface area contributed by atoms with Crippen LogP contribution in [0.4, 0.5) is 0 Å². The Balaban J connectivity index is 1.49. The van der Waals surface area contributed by atoms with Crippen LogP contribution in [-0.2, 0) is 9.47 Å². The van der Waals surface area contributed by atoms with Crippen LogP contribution in [0.15, 0.2) is 22.8 Å². The Labute approximate surface area is 165 Å². The highest BCUT2D eigenvalue weighted by Gasteiger charge is 2.60. The van der Waals surface area contributed by atoms with Gasteiger partial charge in [-0.25, -0.2) is 0 Å². The summed E-state index contributed by atoms with van der Waals surface area (Å²) in [7, 11) is 0. The van der Waals surface area contributed by atoms with E-state index in [0.717, 1.165) is 36.9 Å². The molecule has 0 aromatic rings. The fourth-order valence-electron chi connectivity index (χ4n) is 8.33. The summed E-state index contributed by atoms with van der Waals surface area (Å²) in [5, 5.41) is 0. The molecule has 0 amide bonds. The lowest BCUT2D eigenvalue weighted by Crippen LogP contribution is -2.51. The summed E-state index contributed by atoms with van der Waals surface area (Å²) in [4.78, 5) is 0. The van der Waals surface area contributed by atoms with E-state index >= 15 is 0 Å². The van der Waals surface area contributed by atoms with Gasteiger partial charge in [0.15, 0.2) is 5.79 Å². The van der Waals surface area contributed by atoms with Gasteiger partial charge in [0, 0.05) is 0 Å². The summed E-state index contributed by atoms with van der Waals surface area (Å²) >= 11 is 0. The fourth-order valence-corrected chi connectivity index (χ4v) is 8.33. The van der Waals surface area contributed by atoms with Gasteiger partial charge in [0.2, 0.25) is 0 Å². The van der Waals surface area contributed by atoms with E-state index in [-0.39, 0.29) is 5.41 Å². The molecule has 0 spiro atoms. The normalized spacial score (nSPS) is 48.7. The molecule has 2 saturated carbocycles. The summed E-state index contributed by atoms with van der Waals surface area (Å²) in [5.74, 6) is 2.90. The van der Waals surface area contributed by atoms with Crippen LogP contribution in [0, 0.1) is 34.5 Å². The molecule has 2 nitrogen and oxygen atoms in total. The maximum Gasteiger partial charge on any atom is 0.188 e. The van der Waals surface area contributed by atoms with Crippen molar-refractivity contribution in [3.63, 3.8) is 0 Å². The van der Waals surface area contributed by atoms with Gasteiger partial charge >= 0.3 is 0 Å². The van der Waals surface area contributed by atoms with Gasteiger partial charge in [-0.2, -0.15) is 0 Å². The molecule has 0 radical (unpaired) electrons. The van der Waals surface area contributed by atoms with E-state index in [1.807, 2.05) is 5.57 Å². The smallest absolute Gasteiger partial charge is 0.188 e. The first-order valence-electron chi connectivity index (χ1n) is 11.5. The second kappa shape index (κ2) is 5.95. The summed E-state index contributed by atoms with van der Waals surface area (Å²) in [5.41, 5.74) is 5.60. The van der Waals surface area contributed by atoms with E-state index in [2.05, 4.69) is 40.7 Å². The minimum Gasteiger partial charge on any atom is -0.344 e. The van der Waals surface area contributed by atoms with E-state index in [4.69, 9.17) is 9.47 Å². The standard InChI is InChI=1S/C25H38O2/c1-16-8-10-23(3)18(14-16)6-7-19-20(23)9-11-24(4)21(19)15-17(2)22(24)25(5)26-12-13-27-25/h6,16,19-21H,7-15H2,1-5H3/t16-,19+,20-,21-,23-,24-/m0/s1. The molecule has 1 saturated heterocycles. The van der Waals surface area contributed by atoms with E-state index in [1.54, 1.807) is 5.57 Å². The lowest BCUT2D eigenvalue weighted by Gasteiger charge is -2.58. The molecule has 5 aliphatic rings. The number of ether oxygens (including phenoxy) is 2. The molecule has 2 heteroatoms. The van der Waals surface area contributed by atoms with Crippen molar-refractivity contribution in [3.05, 3.63) is 22.8 Å². The molecule has 0 aromatic heterocycles. The zero-order valence-corrected chi connectivity index (χ0v) is 18.1. The van der Waals surface area contributed by atoms with Crippen LogP contribution < -0.4 is 0 Å². The maximum atomic E-state index is 6.17. The molecule has 150 valence electrons. The molecule has 0 N–H and O–H groups in total. The molecular weight excluding hydrogens is 332 g/mol. The van der Waals surface area contributed by atoms with Crippen molar-refractivity contribution in [2.45, 2.75) is 85.4 Å². The van der Waals surface area contributed by atoms with Gasteiger partial charge in [-0.05, 0) is 98.9 Å². The third-order valence-electron chi connectivity index (χ3n) is 9.56. The molecule has 6 atom stereocenters. The molecular formula is C25H38O2. The highest BCUT2D eigenvalue weighted by molar-refractivity contribution is 5.37.